The lowest BCUT2D eigenvalue weighted by Crippen LogP contribution is -2.22. The molecule has 0 bridgehead atoms. The van der Waals surface area contributed by atoms with Crippen molar-refractivity contribution in [3.8, 4) is 11.5 Å². The van der Waals surface area contributed by atoms with Gasteiger partial charge in [-0.1, -0.05) is 11.6 Å². The third-order valence-corrected chi connectivity index (χ3v) is 2.97. The molecular formula is C14H13ClN2O4. The summed E-state index contributed by atoms with van der Waals surface area (Å²) in [5.41, 5.74) is -0.119. The third kappa shape index (κ3) is 3.35. The van der Waals surface area contributed by atoms with Gasteiger partial charge < -0.3 is 19.8 Å². The zero-order chi connectivity index (χ0) is 15.4. The van der Waals surface area contributed by atoms with Gasteiger partial charge in [0, 0.05) is 18.0 Å². The van der Waals surface area contributed by atoms with E-state index < -0.39 is 11.5 Å². The Morgan fingerprint density at radius 3 is 2.57 bits per heavy atom. The molecule has 110 valence electrons. The number of benzene rings is 1. The van der Waals surface area contributed by atoms with Crippen LogP contribution in [0.3, 0.4) is 0 Å². The van der Waals surface area contributed by atoms with Gasteiger partial charge in [-0.2, -0.15) is 0 Å². The van der Waals surface area contributed by atoms with Crippen LogP contribution in [0.5, 0.6) is 11.5 Å². The summed E-state index contributed by atoms with van der Waals surface area (Å²) in [6.45, 7) is 0. The number of anilines is 1. The van der Waals surface area contributed by atoms with Crippen molar-refractivity contribution in [2.45, 2.75) is 0 Å². The molecule has 1 amide bonds. The standard InChI is InChI=1S/C14H13ClN2O4/c1-20-11-4-3-9(6-12(11)21-2)17-14(19)10-5-8(15)7-16-13(10)18/h3-7H,1-2H3,(H,16,18)(H,17,19). The van der Waals surface area contributed by atoms with Crippen molar-refractivity contribution in [3.05, 3.63) is 51.4 Å². The smallest absolute Gasteiger partial charge is 0.261 e. The van der Waals surface area contributed by atoms with E-state index in [4.69, 9.17) is 21.1 Å². The Balaban J connectivity index is 2.27. The zero-order valence-electron chi connectivity index (χ0n) is 11.4. The topological polar surface area (TPSA) is 80.4 Å². The average Bonchev–Trinajstić information content (AvgIpc) is 2.49. The van der Waals surface area contributed by atoms with Crippen LogP contribution >= 0.6 is 11.6 Å². The molecule has 0 aliphatic carbocycles. The largest absolute Gasteiger partial charge is 0.493 e. The molecule has 0 saturated carbocycles. The van der Waals surface area contributed by atoms with E-state index in [1.807, 2.05) is 0 Å². The van der Waals surface area contributed by atoms with E-state index >= 15 is 0 Å². The lowest BCUT2D eigenvalue weighted by Gasteiger charge is -2.10. The first-order chi connectivity index (χ1) is 10.0. The molecule has 1 aromatic carbocycles. The van der Waals surface area contributed by atoms with Crippen LogP contribution in [0, 0.1) is 0 Å². The minimum Gasteiger partial charge on any atom is -0.493 e. The van der Waals surface area contributed by atoms with Crippen LogP contribution in [0.15, 0.2) is 35.3 Å². The molecule has 0 saturated heterocycles. The molecule has 0 unspecified atom stereocenters. The summed E-state index contributed by atoms with van der Waals surface area (Å²) in [5, 5.41) is 2.87. The number of halogens is 1. The normalized spacial score (nSPS) is 10.0. The number of pyridine rings is 1. The Hall–Kier alpha value is -2.47. The number of H-pyrrole nitrogens is 1. The molecule has 21 heavy (non-hydrogen) atoms. The molecule has 1 heterocycles. The van der Waals surface area contributed by atoms with Crippen LogP contribution in [0.1, 0.15) is 10.4 Å². The molecule has 2 aromatic rings. The summed E-state index contributed by atoms with van der Waals surface area (Å²) >= 11 is 5.76. The second kappa shape index (κ2) is 6.32. The second-order valence-electron chi connectivity index (χ2n) is 4.08. The molecule has 2 N–H and O–H groups in total. The summed E-state index contributed by atoms with van der Waals surface area (Å²) < 4.78 is 10.2. The summed E-state index contributed by atoms with van der Waals surface area (Å²) in [4.78, 5) is 26.1. The van der Waals surface area contributed by atoms with Gasteiger partial charge >= 0.3 is 0 Å². The highest BCUT2D eigenvalue weighted by atomic mass is 35.5. The van der Waals surface area contributed by atoms with Crippen LogP contribution in [0.4, 0.5) is 5.69 Å². The lowest BCUT2D eigenvalue weighted by atomic mass is 10.2. The zero-order valence-corrected chi connectivity index (χ0v) is 12.2. The van der Waals surface area contributed by atoms with Crippen LogP contribution in [-0.4, -0.2) is 25.1 Å². The molecule has 0 fully saturated rings. The molecule has 7 heteroatoms. The maximum absolute atomic E-state index is 12.1. The number of nitrogens with one attached hydrogen (secondary N) is 2. The van der Waals surface area contributed by atoms with Gasteiger partial charge in [0.05, 0.1) is 19.2 Å². The van der Waals surface area contributed by atoms with Gasteiger partial charge in [0.25, 0.3) is 11.5 Å². The van der Waals surface area contributed by atoms with E-state index in [1.165, 1.54) is 26.5 Å². The molecule has 2 rings (SSSR count). The highest BCUT2D eigenvalue weighted by Crippen LogP contribution is 2.29. The van der Waals surface area contributed by atoms with Gasteiger partial charge in [-0.15, -0.1) is 0 Å². The molecule has 0 radical (unpaired) electrons. The molecular weight excluding hydrogens is 296 g/mol. The Kier molecular flexibility index (Phi) is 4.49. The molecule has 6 nitrogen and oxygen atoms in total. The van der Waals surface area contributed by atoms with Crippen molar-refractivity contribution >= 4 is 23.2 Å². The van der Waals surface area contributed by atoms with Crippen molar-refractivity contribution in [1.29, 1.82) is 0 Å². The van der Waals surface area contributed by atoms with Gasteiger partial charge in [0.1, 0.15) is 5.56 Å². The Labute approximate surface area is 125 Å². The molecule has 0 aliphatic heterocycles. The highest BCUT2D eigenvalue weighted by molar-refractivity contribution is 6.30. The van der Waals surface area contributed by atoms with Gasteiger partial charge in [-0.05, 0) is 18.2 Å². The third-order valence-electron chi connectivity index (χ3n) is 2.75. The number of amides is 1. The molecule has 0 atom stereocenters. The average molecular weight is 309 g/mol. The van der Waals surface area contributed by atoms with E-state index in [0.717, 1.165) is 0 Å². The maximum Gasteiger partial charge on any atom is 0.261 e. The van der Waals surface area contributed by atoms with Crippen LogP contribution in [0.25, 0.3) is 0 Å². The summed E-state index contributed by atoms with van der Waals surface area (Å²) in [6.07, 6.45) is 1.32. The van der Waals surface area contributed by atoms with Gasteiger partial charge in [-0.25, -0.2) is 0 Å². The summed E-state index contributed by atoms with van der Waals surface area (Å²) in [5.74, 6) is 0.442. The first-order valence-electron chi connectivity index (χ1n) is 5.96. The number of hydrogen-bond donors (Lipinski definition) is 2. The van der Waals surface area contributed by atoms with E-state index in [9.17, 15) is 9.59 Å². The van der Waals surface area contributed by atoms with Crippen LogP contribution in [-0.2, 0) is 0 Å². The van der Waals surface area contributed by atoms with Crippen molar-refractivity contribution in [2.24, 2.45) is 0 Å². The number of ether oxygens (including phenoxy) is 2. The SMILES string of the molecule is COc1ccc(NC(=O)c2cc(Cl)c[nH]c2=O)cc1OC. The fraction of sp³-hybridized carbons (Fsp3) is 0.143. The van der Waals surface area contributed by atoms with E-state index in [1.54, 1.807) is 18.2 Å². The van der Waals surface area contributed by atoms with Crippen molar-refractivity contribution < 1.29 is 14.3 Å². The Morgan fingerprint density at radius 2 is 1.90 bits per heavy atom. The van der Waals surface area contributed by atoms with E-state index in [2.05, 4.69) is 10.3 Å². The second-order valence-corrected chi connectivity index (χ2v) is 4.52. The highest BCUT2D eigenvalue weighted by Gasteiger charge is 2.13. The predicted molar refractivity (Wildman–Crippen MR) is 79.6 cm³/mol. The van der Waals surface area contributed by atoms with Gasteiger partial charge in [-0.3, -0.25) is 9.59 Å². The number of rotatable bonds is 4. The minimum atomic E-state index is -0.564. The van der Waals surface area contributed by atoms with E-state index in [0.29, 0.717) is 17.2 Å². The number of methoxy groups -OCH3 is 2. The van der Waals surface area contributed by atoms with Crippen molar-refractivity contribution in [3.63, 3.8) is 0 Å². The fourth-order valence-electron chi connectivity index (χ4n) is 1.74. The monoisotopic (exact) mass is 308 g/mol. The first-order valence-corrected chi connectivity index (χ1v) is 6.34. The Morgan fingerprint density at radius 1 is 1.19 bits per heavy atom. The lowest BCUT2D eigenvalue weighted by molar-refractivity contribution is 0.102. The Bertz CT molecular complexity index is 727. The number of carbonyl (C=O) groups excluding carboxylic acids is 1. The number of hydrogen-bond acceptors (Lipinski definition) is 4. The van der Waals surface area contributed by atoms with Crippen LogP contribution in [0.2, 0.25) is 5.02 Å². The predicted octanol–water partition coefficient (Wildman–Crippen LogP) is 2.30. The fourth-order valence-corrected chi connectivity index (χ4v) is 1.90. The first kappa shape index (κ1) is 14.9. The number of aromatic nitrogens is 1. The number of aromatic amines is 1. The number of carbonyl (C=O) groups is 1. The molecule has 0 spiro atoms. The van der Waals surface area contributed by atoms with Crippen LogP contribution < -0.4 is 20.3 Å². The summed E-state index contributed by atoms with van der Waals surface area (Å²) in [7, 11) is 3.01. The molecule has 0 aliphatic rings. The van der Waals surface area contributed by atoms with Gasteiger partial charge in [0.2, 0.25) is 0 Å². The van der Waals surface area contributed by atoms with Crippen molar-refractivity contribution in [1.82, 2.24) is 4.98 Å². The maximum atomic E-state index is 12.1. The quantitative estimate of drug-likeness (QED) is 0.908. The van der Waals surface area contributed by atoms with Crippen molar-refractivity contribution in [2.75, 3.05) is 19.5 Å². The summed E-state index contributed by atoms with van der Waals surface area (Å²) in [6, 6.07) is 6.18. The van der Waals surface area contributed by atoms with E-state index in [-0.39, 0.29) is 10.6 Å². The molecule has 1 aromatic heterocycles. The van der Waals surface area contributed by atoms with Gasteiger partial charge in [0.15, 0.2) is 11.5 Å². The minimum absolute atomic E-state index is 0.0720.